The summed E-state index contributed by atoms with van der Waals surface area (Å²) in [5.74, 6) is 1.61. The van der Waals surface area contributed by atoms with Crippen molar-refractivity contribution in [2.75, 3.05) is 26.9 Å². The van der Waals surface area contributed by atoms with E-state index >= 15 is 0 Å². The van der Waals surface area contributed by atoms with Gasteiger partial charge in [-0.05, 0) is 37.4 Å². The Bertz CT molecular complexity index is 408. The molecule has 0 aromatic heterocycles. The molecule has 2 atom stereocenters. The lowest BCUT2D eigenvalue weighted by atomic mass is 9.79. The van der Waals surface area contributed by atoms with Crippen molar-refractivity contribution in [2.24, 2.45) is 0 Å². The molecule has 1 aliphatic carbocycles. The summed E-state index contributed by atoms with van der Waals surface area (Å²) in [6, 6.07) is 9.10. The van der Waals surface area contributed by atoms with Crippen LogP contribution in [-0.4, -0.2) is 32.9 Å². The average molecular weight is 291 g/mol. The summed E-state index contributed by atoms with van der Waals surface area (Å²) < 4.78 is 11.0. The highest BCUT2D eigenvalue weighted by atomic mass is 16.5. The van der Waals surface area contributed by atoms with Crippen LogP contribution in [0.2, 0.25) is 0 Å². The summed E-state index contributed by atoms with van der Waals surface area (Å²) in [6.07, 6.45) is 6.38. The van der Waals surface area contributed by atoms with Gasteiger partial charge in [-0.15, -0.1) is 0 Å². The first-order valence-corrected chi connectivity index (χ1v) is 8.30. The smallest absolute Gasteiger partial charge is 0.122 e. The van der Waals surface area contributed by atoms with Gasteiger partial charge in [-0.1, -0.05) is 38.0 Å². The second-order valence-electron chi connectivity index (χ2n) is 5.83. The van der Waals surface area contributed by atoms with E-state index in [-0.39, 0.29) is 0 Å². The Morgan fingerprint density at radius 3 is 2.76 bits per heavy atom. The Morgan fingerprint density at radius 1 is 1.14 bits per heavy atom. The summed E-state index contributed by atoms with van der Waals surface area (Å²) in [4.78, 5) is 0. The van der Waals surface area contributed by atoms with E-state index in [9.17, 15) is 0 Å². The van der Waals surface area contributed by atoms with E-state index in [1.165, 1.54) is 37.7 Å². The Kier molecular flexibility index (Phi) is 7.04. The molecule has 1 aromatic rings. The van der Waals surface area contributed by atoms with E-state index < -0.39 is 0 Å². The minimum Gasteiger partial charge on any atom is -0.491 e. The summed E-state index contributed by atoms with van der Waals surface area (Å²) in [5.41, 5.74) is 1.36. The molecule has 1 fully saturated rings. The standard InChI is InChI=1S/C18H29NO2/c1-3-12-19-17-10-6-4-8-15(17)16-9-5-7-11-18(16)21-14-13-20-2/h5,7,9,11,15,17,19H,3-4,6,8,10,12-14H2,1-2H3. The molecule has 3 heteroatoms. The zero-order chi connectivity index (χ0) is 14.9. The first-order valence-electron chi connectivity index (χ1n) is 8.30. The Morgan fingerprint density at radius 2 is 1.95 bits per heavy atom. The van der Waals surface area contributed by atoms with Gasteiger partial charge in [0.1, 0.15) is 12.4 Å². The number of ether oxygens (including phenoxy) is 2. The van der Waals surface area contributed by atoms with Crippen LogP contribution in [-0.2, 0) is 4.74 Å². The van der Waals surface area contributed by atoms with E-state index in [0.29, 0.717) is 25.2 Å². The lowest BCUT2D eigenvalue weighted by Crippen LogP contribution is -2.37. The van der Waals surface area contributed by atoms with E-state index in [0.717, 1.165) is 12.3 Å². The van der Waals surface area contributed by atoms with E-state index in [1.54, 1.807) is 7.11 Å². The summed E-state index contributed by atoms with van der Waals surface area (Å²) in [6.45, 7) is 4.59. The quantitative estimate of drug-likeness (QED) is 0.740. The molecule has 118 valence electrons. The molecule has 0 bridgehead atoms. The van der Waals surface area contributed by atoms with Gasteiger partial charge in [0.05, 0.1) is 6.61 Å². The number of rotatable bonds is 8. The minimum absolute atomic E-state index is 0.573. The Balaban J connectivity index is 2.09. The Hall–Kier alpha value is -1.06. The third kappa shape index (κ3) is 4.72. The highest BCUT2D eigenvalue weighted by molar-refractivity contribution is 5.37. The van der Waals surface area contributed by atoms with Gasteiger partial charge in [0.25, 0.3) is 0 Å². The third-order valence-electron chi connectivity index (χ3n) is 4.29. The van der Waals surface area contributed by atoms with E-state index in [1.807, 2.05) is 0 Å². The van der Waals surface area contributed by atoms with Gasteiger partial charge in [0, 0.05) is 19.1 Å². The Labute approximate surface area is 129 Å². The normalized spacial score (nSPS) is 22.2. The molecule has 1 saturated carbocycles. The zero-order valence-electron chi connectivity index (χ0n) is 13.4. The summed E-state index contributed by atoms with van der Waals surface area (Å²) in [5, 5.41) is 3.73. The van der Waals surface area contributed by atoms with Crippen LogP contribution < -0.4 is 10.1 Å². The molecule has 1 aromatic carbocycles. The van der Waals surface area contributed by atoms with Crippen molar-refractivity contribution in [2.45, 2.75) is 51.0 Å². The van der Waals surface area contributed by atoms with Crippen LogP contribution >= 0.6 is 0 Å². The predicted molar refractivity (Wildman–Crippen MR) is 87.1 cm³/mol. The number of benzene rings is 1. The lowest BCUT2D eigenvalue weighted by molar-refractivity contribution is 0.145. The van der Waals surface area contributed by atoms with Crippen LogP contribution in [0.5, 0.6) is 5.75 Å². The van der Waals surface area contributed by atoms with Crippen molar-refractivity contribution < 1.29 is 9.47 Å². The molecule has 3 nitrogen and oxygen atoms in total. The molecule has 0 saturated heterocycles. The van der Waals surface area contributed by atoms with Crippen molar-refractivity contribution in [3.63, 3.8) is 0 Å². The van der Waals surface area contributed by atoms with Crippen LogP contribution in [0.1, 0.15) is 50.5 Å². The lowest BCUT2D eigenvalue weighted by Gasteiger charge is -2.33. The first-order chi connectivity index (χ1) is 10.4. The van der Waals surface area contributed by atoms with Gasteiger partial charge in [0.2, 0.25) is 0 Å². The predicted octanol–water partition coefficient (Wildman–Crippen LogP) is 3.74. The minimum atomic E-state index is 0.573. The van der Waals surface area contributed by atoms with Crippen molar-refractivity contribution >= 4 is 0 Å². The number of methoxy groups -OCH3 is 1. The van der Waals surface area contributed by atoms with Crippen molar-refractivity contribution in [3.05, 3.63) is 29.8 Å². The third-order valence-corrected chi connectivity index (χ3v) is 4.29. The van der Waals surface area contributed by atoms with E-state index in [4.69, 9.17) is 9.47 Å². The first kappa shape index (κ1) is 16.3. The SMILES string of the molecule is CCCNC1CCCCC1c1ccccc1OCCOC. The fourth-order valence-electron chi connectivity index (χ4n) is 3.23. The van der Waals surface area contributed by atoms with Crippen molar-refractivity contribution in [3.8, 4) is 5.75 Å². The van der Waals surface area contributed by atoms with Gasteiger partial charge < -0.3 is 14.8 Å². The zero-order valence-corrected chi connectivity index (χ0v) is 13.4. The molecule has 0 amide bonds. The van der Waals surface area contributed by atoms with Gasteiger partial charge in [0.15, 0.2) is 0 Å². The molecule has 0 spiro atoms. The van der Waals surface area contributed by atoms with Crippen molar-refractivity contribution in [1.29, 1.82) is 0 Å². The van der Waals surface area contributed by atoms with E-state index in [2.05, 4.69) is 36.5 Å². The number of hydrogen-bond acceptors (Lipinski definition) is 3. The maximum atomic E-state index is 5.93. The second kappa shape index (κ2) is 9.06. The molecular weight excluding hydrogens is 262 g/mol. The molecule has 0 heterocycles. The van der Waals surface area contributed by atoms with Crippen LogP contribution in [0.3, 0.4) is 0 Å². The number of hydrogen-bond donors (Lipinski definition) is 1. The number of nitrogens with one attached hydrogen (secondary N) is 1. The molecule has 0 radical (unpaired) electrons. The highest BCUT2D eigenvalue weighted by Gasteiger charge is 2.27. The van der Waals surface area contributed by atoms with Gasteiger partial charge in [-0.25, -0.2) is 0 Å². The molecule has 1 N–H and O–H groups in total. The second-order valence-corrected chi connectivity index (χ2v) is 5.83. The van der Waals surface area contributed by atoms with Crippen LogP contribution in [0, 0.1) is 0 Å². The highest BCUT2D eigenvalue weighted by Crippen LogP contribution is 2.37. The summed E-state index contributed by atoms with van der Waals surface area (Å²) in [7, 11) is 1.71. The monoisotopic (exact) mass is 291 g/mol. The molecule has 2 unspecified atom stereocenters. The molecule has 0 aliphatic heterocycles. The molecule has 21 heavy (non-hydrogen) atoms. The molecule has 1 aliphatic rings. The molecular formula is C18H29NO2. The van der Waals surface area contributed by atoms with Crippen LogP contribution in [0.4, 0.5) is 0 Å². The maximum Gasteiger partial charge on any atom is 0.122 e. The summed E-state index contributed by atoms with van der Waals surface area (Å²) >= 11 is 0. The van der Waals surface area contributed by atoms with Crippen LogP contribution in [0.25, 0.3) is 0 Å². The van der Waals surface area contributed by atoms with Gasteiger partial charge in [-0.3, -0.25) is 0 Å². The fraction of sp³-hybridized carbons (Fsp3) is 0.667. The maximum absolute atomic E-state index is 5.93. The topological polar surface area (TPSA) is 30.5 Å². The fourth-order valence-corrected chi connectivity index (χ4v) is 3.23. The number of para-hydroxylation sites is 1. The largest absolute Gasteiger partial charge is 0.491 e. The molecule has 2 rings (SSSR count). The van der Waals surface area contributed by atoms with Gasteiger partial charge in [-0.2, -0.15) is 0 Å². The van der Waals surface area contributed by atoms with Crippen molar-refractivity contribution in [1.82, 2.24) is 5.32 Å². The average Bonchev–Trinajstić information content (AvgIpc) is 2.54. The van der Waals surface area contributed by atoms with Crippen LogP contribution in [0.15, 0.2) is 24.3 Å². The van der Waals surface area contributed by atoms with Gasteiger partial charge >= 0.3 is 0 Å².